The Hall–Kier alpha value is -8.20. The Morgan fingerprint density at radius 3 is 1.59 bits per heavy atom. The molecule has 3 aliphatic carbocycles. The Balaban J connectivity index is 1.08. The molecule has 1 aromatic heterocycles. The first-order valence-electron chi connectivity index (χ1n) is 24.5. The standard InChI is InChI=1S/C67H48N2/c1-65(2)51-28-11-5-22-44(51)50-40-41(38-39-53(50)65)68(60-36-19-32-56-62(60)49-25-8-12-29-52(49)66(56,3)4)58-34-15-9-23-45(58)47-26-18-37-61-63(47)67(54-30-13-6-20-42(54)43-21-7-14-31-55(43)67)57-33-17-27-48-46-24-10-16-35-59(46)69(61)64(48)57/h5-40H,1-4H3. The first-order chi connectivity index (χ1) is 33.8. The highest BCUT2D eigenvalue weighted by atomic mass is 15.1. The van der Waals surface area contributed by atoms with Crippen LogP contribution in [0.25, 0.3) is 72.0 Å². The number of anilines is 3. The lowest BCUT2D eigenvalue weighted by Crippen LogP contribution is -2.34. The molecule has 2 heterocycles. The van der Waals surface area contributed by atoms with Crippen molar-refractivity contribution in [1.82, 2.24) is 4.57 Å². The maximum absolute atomic E-state index is 2.60. The summed E-state index contributed by atoms with van der Waals surface area (Å²) in [4.78, 5) is 2.60. The van der Waals surface area contributed by atoms with Gasteiger partial charge in [0.25, 0.3) is 0 Å². The normalized spacial score (nSPS) is 15.3. The van der Waals surface area contributed by atoms with Gasteiger partial charge in [-0.15, -0.1) is 0 Å². The highest BCUT2D eigenvalue weighted by Crippen LogP contribution is 2.64. The fourth-order valence-corrected chi connectivity index (χ4v) is 13.9. The molecule has 1 spiro atoms. The topological polar surface area (TPSA) is 8.17 Å². The van der Waals surface area contributed by atoms with E-state index in [9.17, 15) is 0 Å². The van der Waals surface area contributed by atoms with Gasteiger partial charge in [-0.3, -0.25) is 0 Å². The van der Waals surface area contributed by atoms with Gasteiger partial charge >= 0.3 is 0 Å². The molecule has 69 heavy (non-hydrogen) atoms. The third-order valence-electron chi connectivity index (χ3n) is 16.8. The molecule has 0 amide bonds. The Morgan fingerprint density at radius 1 is 0.348 bits per heavy atom. The fourth-order valence-electron chi connectivity index (χ4n) is 13.9. The number of benzene rings is 10. The largest absolute Gasteiger partial charge is 0.309 e. The highest BCUT2D eigenvalue weighted by Gasteiger charge is 2.52. The van der Waals surface area contributed by atoms with Gasteiger partial charge < -0.3 is 9.47 Å². The zero-order valence-corrected chi connectivity index (χ0v) is 39.2. The minimum absolute atomic E-state index is 0.111. The van der Waals surface area contributed by atoms with E-state index >= 15 is 0 Å². The second-order valence-corrected chi connectivity index (χ2v) is 20.7. The highest BCUT2D eigenvalue weighted by molar-refractivity contribution is 6.13. The van der Waals surface area contributed by atoms with Gasteiger partial charge in [-0.1, -0.05) is 210 Å². The van der Waals surface area contributed by atoms with Crippen LogP contribution in [0.1, 0.15) is 72.2 Å². The third-order valence-corrected chi connectivity index (χ3v) is 16.8. The summed E-state index contributed by atoms with van der Waals surface area (Å²) in [6, 6.07) is 83.2. The molecule has 2 heteroatoms. The summed E-state index contributed by atoms with van der Waals surface area (Å²) < 4.78 is 2.58. The van der Waals surface area contributed by atoms with Crippen LogP contribution in [0, 0.1) is 0 Å². The fraction of sp³-hybridized carbons (Fsp3) is 0.104. The van der Waals surface area contributed by atoms with Gasteiger partial charge in [-0.2, -0.15) is 0 Å². The summed E-state index contributed by atoms with van der Waals surface area (Å²) >= 11 is 0. The maximum atomic E-state index is 2.60. The van der Waals surface area contributed by atoms with E-state index in [-0.39, 0.29) is 10.8 Å². The first kappa shape index (κ1) is 38.9. The van der Waals surface area contributed by atoms with E-state index < -0.39 is 5.41 Å². The number of hydrogen-bond acceptors (Lipinski definition) is 1. The van der Waals surface area contributed by atoms with Crippen LogP contribution < -0.4 is 4.90 Å². The molecule has 326 valence electrons. The average molecular weight is 881 g/mol. The lowest BCUT2D eigenvalue weighted by molar-refractivity contribution is 0.660. The molecule has 0 fully saturated rings. The number of fused-ring (bicyclic) bond motifs is 18. The Labute approximate surface area is 403 Å². The van der Waals surface area contributed by atoms with E-state index in [2.05, 4.69) is 256 Å². The van der Waals surface area contributed by atoms with E-state index in [0.29, 0.717) is 0 Å². The Kier molecular flexibility index (Phi) is 7.60. The summed E-state index contributed by atoms with van der Waals surface area (Å²) in [6.07, 6.45) is 0. The SMILES string of the molecule is CC1(C)c2ccccc2-c2cc(N(c3ccccc3-c3cccc4c3C3(c5ccccc5-c5ccccc53)c3cccc5c6ccccc6n-4c35)c3cccc4c3-c3ccccc3C4(C)C)ccc21. The molecule has 1 aliphatic heterocycles. The number of aromatic nitrogens is 1. The number of nitrogens with zero attached hydrogens (tertiary/aromatic N) is 2. The van der Waals surface area contributed by atoms with Crippen LogP contribution in [0.2, 0.25) is 0 Å². The second kappa shape index (κ2) is 13.5. The summed E-state index contributed by atoms with van der Waals surface area (Å²) in [5.41, 5.74) is 27.3. The van der Waals surface area contributed by atoms with Crippen molar-refractivity contribution in [2.45, 2.75) is 43.9 Å². The molecule has 15 rings (SSSR count). The van der Waals surface area contributed by atoms with E-state index in [4.69, 9.17) is 0 Å². The van der Waals surface area contributed by atoms with Crippen LogP contribution >= 0.6 is 0 Å². The molecule has 0 bridgehead atoms. The van der Waals surface area contributed by atoms with Gasteiger partial charge in [-0.25, -0.2) is 0 Å². The minimum Gasteiger partial charge on any atom is -0.309 e. The molecule has 11 aromatic rings. The smallest absolute Gasteiger partial charge is 0.0760 e. The summed E-state index contributed by atoms with van der Waals surface area (Å²) in [6.45, 7) is 9.53. The molecule has 0 unspecified atom stereocenters. The third kappa shape index (κ3) is 4.76. The van der Waals surface area contributed by atoms with E-state index in [0.717, 1.165) is 11.4 Å². The van der Waals surface area contributed by atoms with E-state index in [1.165, 1.54) is 122 Å². The van der Waals surface area contributed by atoms with Crippen molar-refractivity contribution < 1.29 is 0 Å². The van der Waals surface area contributed by atoms with Gasteiger partial charge in [0.1, 0.15) is 0 Å². The zero-order valence-electron chi connectivity index (χ0n) is 39.2. The van der Waals surface area contributed by atoms with Gasteiger partial charge in [0.2, 0.25) is 0 Å². The molecule has 0 N–H and O–H groups in total. The molecule has 0 radical (unpaired) electrons. The summed E-state index contributed by atoms with van der Waals surface area (Å²) in [5, 5.41) is 2.56. The van der Waals surface area contributed by atoms with Crippen LogP contribution in [0.4, 0.5) is 17.1 Å². The van der Waals surface area contributed by atoms with Crippen LogP contribution in [0.3, 0.4) is 0 Å². The molecule has 2 nitrogen and oxygen atoms in total. The predicted molar refractivity (Wildman–Crippen MR) is 287 cm³/mol. The van der Waals surface area contributed by atoms with Gasteiger partial charge in [0.15, 0.2) is 0 Å². The van der Waals surface area contributed by atoms with Gasteiger partial charge in [0.05, 0.1) is 33.5 Å². The predicted octanol–water partition coefficient (Wildman–Crippen LogP) is 17.2. The molecular weight excluding hydrogens is 833 g/mol. The quantitative estimate of drug-likeness (QED) is 0.171. The van der Waals surface area contributed by atoms with E-state index in [1.807, 2.05) is 0 Å². The lowest BCUT2D eigenvalue weighted by atomic mass is 9.63. The van der Waals surface area contributed by atoms with Gasteiger partial charge in [-0.05, 0) is 109 Å². The number of para-hydroxylation sites is 3. The van der Waals surface area contributed by atoms with Crippen molar-refractivity contribution in [3.8, 4) is 50.2 Å². The summed E-state index contributed by atoms with van der Waals surface area (Å²) in [5.74, 6) is 0. The average Bonchev–Trinajstić information content (AvgIpc) is 4.04. The van der Waals surface area contributed by atoms with Crippen LogP contribution in [0.5, 0.6) is 0 Å². The van der Waals surface area contributed by atoms with E-state index in [1.54, 1.807) is 0 Å². The second-order valence-electron chi connectivity index (χ2n) is 20.7. The monoisotopic (exact) mass is 880 g/mol. The van der Waals surface area contributed by atoms with Crippen LogP contribution in [-0.2, 0) is 16.2 Å². The van der Waals surface area contributed by atoms with Crippen molar-refractivity contribution in [2.24, 2.45) is 0 Å². The first-order valence-corrected chi connectivity index (χ1v) is 24.5. The van der Waals surface area contributed by atoms with Crippen molar-refractivity contribution in [3.63, 3.8) is 0 Å². The van der Waals surface area contributed by atoms with Crippen molar-refractivity contribution in [3.05, 3.63) is 263 Å². The zero-order chi connectivity index (χ0) is 46.0. The van der Waals surface area contributed by atoms with Crippen molar-refractivity contribution in [2.75, 3.05) is 4.90 Å². The minimum atomic E-state index is -0.610. The van der Waals surface area contributed by atoms with Gasteiger partial charge in [0, 0.05) is 44.0 Å². The molecule has 4 aliphatic rings. The number of hydrogen-bond donors (Lipinski definition) is 0. The molecule has 10 aromatic carbocycles. The molecule has 0 saturated carbocycles. The van der Waals surface area contributed by atoms with Crippen LogP contribution in [0.15, 0.2) is 218 Å². The van der Waals surface area contributed by atoms with Crippen molar-refractivity contribution in [1.29, 1.82) is 0 Å². The maximum Gasteiger partial charge on any atom is 0.0760 e. The lowest BCUT2D eigenvalue weighted by Gasteiger charge is -2.41. The summed E-state index contributed by atoms with van der Waals surface area (Å²) in [7, 11) is 0. The Bertz CT molecular complexity index is 4000. The molecular formula is C67H48N2. The molecule has 0 saturated heterocycles. The Morgan fingerprint density at radius 2 is 0.841 bits per heavy atom. The molecule has 0 atom stereocenters. The van der Waals surface area contributed by atoms with Crippen LogP contribution in [-0.4, -0.2) is 4.57 Å². The van der Waals surface area contributed by atoms with Crippen molar-refractivity contribution >= 4 is 38.9 Å². The number of rotatable bonds is 4.